The Bertz CT molecular complexity index is 1190. The average molecular weight is 550 g/mol. The summed E-state index contributed by atoms with van der Waals surface area (Å²) in [6.07, 6.45) is -1.01. The molecule has 4 N–H and O–H groups in total. The van der Waals surface area contributed by atoms with E-state index < -0.39 is 9.96 Å². The van der Waals surface area contributed by atoms with Gasteiger partial charge in [-0.3, -0.25) is 9.59 Å². The predicted molar refractivity (Wildman–Crippen MR) is 148 cm³/mol. The summed E-state index contributed by atoms with van der Waals surface area (Å²) in [6, 6.07) is 24.5. The minimum atomic E-state index is -1.88. The maximum Gasteiger partial charge on any atom is 0.228 e. The number of alkyl halides is 3. The lowest BCUT2D eigenvalue weighted by Crippen LogP contribution is -2.56. The molecule has 10 heteroatoms. The number of carbonyl (C=O) groups is 2. The first-order valence-corrected chi connectivity index (χ1v) is 12.1. The van der Waals surface area contributed by atoms with Crippen LogP contribution in [0.2, 0.25) is 0 Å². The zero-order chi connectivity index (χ0) is 25.4. The van der Waals surface area contributed by atoms with Crippen LogP contribution in [0.3, 0.4) is 0 Å². The van der Waals surface area contributed by atoms with Crippen molar-refractivity contribution in [2.24, 2.45) is 0 Å². The molecule has 1 unspecified atom stereocenters. The molecule has 0 aliphatic rings. The quantitative estimate of drug-likeness (QED) is 0.174. The van der Waals surface area contributed by atoms with E-state index in [1.165, 1.54) is 6.92 Å². The number of hydrogen-bond acceptors (Lipinski definition) is 3. The highest BCUT2D eigenvalue weighted by atomic mass is 35.6. The summed E-state index contributed by atoms with van der Waals surface area (Å²) in [5.41, 5.74) is 4.14. The molecule has 0 bridgehead atoms. The van der Waals surface area contributed by atoms with Crippen molar-refractivity contribution < 1.29 is 9.59 Å². The van der Waals surface area contributed by atoms with Crippen molar-refractivity contribution in [1.29, 1.82) is 0 Å². The fraction of sp³-hybridized carbons (Fsp3) is 0.160. The Kier molecular flexibility index (Phi) is 9.34. The molecule has 0 fully saturated rings. The van der Waals surface area contributed by atoms with Crippen LogP contribution in [0.25, 0.3) is 11.1 Å². The van der Waals surface area contributed by atoms with Crippen molar-refractivity contribution in [3.63, 3.8) is 0 Å². The molecular weight excluding hydrogens is 527 g/mol. The lowest BCUT2D eigenvalue weighted by atomic mass is 10.0. The van der Waals surface area contributed by atoms with E-state index in [1.54, 1.807) is 24.3 Å². The van der Waals surface area contributed by atoms with E-state index in [9.17, 15) is 9.59 Å². The first kappa shape index (κ1) is 26.8. The van der Waals surface area contributed by atoms with Gasteiger partial charge in [0.1, 0.15) is 6.17 Å². The smallest absolute Gasteiger partial charge is 0.228 e. The van der Waals surface area contributed by atoms with Gasteiger partial charge in [0.15, 0.2) is 5.11 Å². The monoisotopic (exact) mass is 548 g/mol. The van der Waals surface area contributed by atoms with Gasteiger partial charge in [0.05, 0.1) is 6.42 Å². The SMILES string of the molecule is CC(=O)Nc1cccc(NC(=S)NC(NC(=O)Cc2ccc(-c3ccccc3)cc2)C(Cl)(Cl)Cl)c1. The Morgan fingerprint density at radius 2 is 1.43 bits per heavy atom. The Morgan fingerprint density at radius 1 is 0.829 bits per heavy atom. The van der Waals surface area contributed by atoms with Gasteiger partial charge >= 0.3 is 0 Å². The Balaban J connectivity index is 1.60. The second-order valence-corrected chi connectivity index (χ2v) is 10.4. The zero-order valence-electron chi connectivity index (χ0n) is 18.6. The Morgan fingerprint density at radius 3 is 2.03 bits per heavy atom. The standard InChI is InChI=1S/C25H23Cl3N4O2S/c1-16(33)29-20-8-5-9-21(15-20)30-24(35)32-23(25(26,27)28)31-22(34)14-17-10-12-19(13-11-17)18-6-3-2-4-7-18/h2-13,15,23H,14H2,1H3,(H,29,33)(H,31,34)(H2,30,32,35). The average Bonchev–Trinajstić information content (AvgIpc) is 2.79. The number of halogens is 3. The third kappa shape index (κ3) is 8.71. The molecule has 182 valence electrons. The van der Waals surface area contributed by atoms with Crippen molar-refractivity contribution in [3.05, 3.63) is 84.4 Å². The molecule has 0 saturated carbocycles. The summed E-state index contributed by atoms with van der Waals surface area (Å²) in [4.78, 5) is 23.9. The van der Waals surface area contributed by atoms with Crippen LogP contribution >= 0.6 is 47.0 Å². The van der Waals surface area contributed by atoms with Gasteiger partial charge in [0, 0.05) is 18.3 Å². The number of rotatable bonds is 7. The van der Waals surface area contributed by atoms with Crippen LogP contribution in [0, 0.1) is 0 Å². The van der Waals surface area contributed by atoms with E-state index in [4.69, 9.17) is 47.0 Å². The van der Waals surface area contributed by atoms with Gasteiger partial charge in [-0.15, -0.1) is 0 Å². The van der Waals surface area contributed by atoms with Gasteiger partial charge in [-0.2, -0.15) is 0 Å². The first-order chi connectivity index (χ1) is 16.6. The van der Waals surface area contributed by atoms with Crippen LogP contribution in [0.15, 0.2) is 78.9 Å². The number of thiocarbonyl (C=S) groups is 1. The lowest BCUT2D eigenvalue weighted by molar-refractivity contribution is -0.121. The molecule has 0 spiro atoms. The maximum absolute atomic E-state index is 12.7. The molecule has 1 atom stereocenters. The van der Waals surface area contributed by atoms with E-state index in [1.807, 2.05) is 54.6 Å². The summed E-state index contributed by atoms with van der Waals surface area (Å²) in [5, 5.41) is 11.2. The molecule has 0 radical (unpaired) electrons. The summed E-state index contributed by atoms with van der Waals surface area (Å²) in [6.45, 7) is 1.41. The van der Waals surface area contributed by atoms with E-state index in [0.29, 0.717) is 11.4 Å². The molecule has 3 aromatic rings. The van der Waals surface area contributed by atoms with Gasteiger partial charge in [-0.05, 0) is 47.1 Å². The van der Waals surface area contributed by atoms with Crippen molar-refractivity contribution in [2.45, 2.75) is 23.3 Å². The van der Waals surface area contributed by atoms with Crippen LogP contribution in [0.4, 0.5) is 11.4 Å². The number of benzene rings is 3. The Labute approximate surface area is 224 Å². The third-order valence-corrected chi connectivity index (χ3v) is 5.65. The summed E-state index contributed by atoms with van der Waals surface area (Å²) in [5.74, 6) is -0.548. The third-order valence-electron chi connectivity index (χ3n) is 4.77. The van der Waals surface area contributed by atoms with Crippen LogP contribution in [0.5, 0.6) is 0 Å². The predicted octanol–water partition coefficient (Wildman–Crippen LogP) is 5.65. The van der Waals surface area contributed by atoms with Gasteiger partial charge in [-0.25, -0.2) is 0 Å². The molecule has 0 aliphatic carbocycles. The van der Waals surface area contributed by atoms with E-state index in [-0.39, 0.29) is 23.3 Å². The largest absolute Gasteiger partial charge is 0.339 e. The molecular formula is C25H23Cl3N4O2S. The van der Waals surface area contributed by atoms with E-state index in [0.717, 1.165) is 16.7 Å². The molecule has 0 aromatic heterocycles. The Hall–Kier alpha value is -2.84. The lowest BCUT2D eigenvalue weighted by Gasteiger charge is -2.28. The van der Waals surface area contributed by atoms with Crippen LogP contribution < -0.4 is 21.3 Å². The minimum Gasteiger partial charge on any atom is -0.339 e. The molecule has 2 amide bonds. The van der Waals surface area contributed by atoms with Crippen molar-refractivity contribution in [1.82, 2.24) is 10.6 Å². The summed E-state index contributed by atoms with van der Waals surface area (Å²) >= 11 is 23.6. The zero-order valence-corrected chi connectivity index (χ0v) is 21.7. The second kappa shape index (κ2) is 12.2. The molecule has 0 saturated heterocycles. The van der Waals surface area contributed by atoms with Crippen LogP contribution in [-0.2, 0) is 16.0 Å². The molecule has 35 heavy (non-hydrogen) atoms. The highest BCUT2D eigenvalue weighted by molar-refractivity contribution is 7.80. The number of hydrogen-bond donors (Lipinski definition) is 4. The first-order valence-electron chi connectivity index (χ1n) is 10.6. The molecule has 6 nitrogen and oxygen atoms in total. The van der Waals surface area contributed by atoms with Gasteiger partial charge in [0.2, 0.25) is 15.6 Å². The van der Waals surface area contributed by atoms with E-state index >= 15 is 0 Å². The highest BCUT2D eigenvalue weighted by Crippen LogP contribution is 2.29. The topological polar surface area (TPSA) is 82.3 Å². The fourth-order valence-corrected chi connectivity index (χ4v) is 3.78. The van der Waals surface area contributed by atoms with Gasteiger partial charge < -0.3 is 21.3 Å². The van der Waals surface area contributed by atoms with Crippen molar-refractivity contribution >= 4 is 75.3 Å². The number of nitrogens with one attached hydrogen (secondary N) is 4. The number of carbonyl (C=O) groups excluding carboxylic acids is 2. The summed E-state index contributed by atoms with van der Waals surface area (Å²) in [7, 11) is 0. The fourth-order valence-electron chi connectivity index (χ4n) is 3.22. The van der Waals surface area contributed by atoms with Crippen molar-refractivity contribution in [2.75, 3.05) is 10.6 Å². The minimum absolute atomic E-state index is 0.0902. The van der Waals surface area contributed by atoms with Crippen LogP contribution in [0.1, 0.15) is 12.5 Å². The normalized spacial score (nSPS) is 11.8. The highest BCUT2D eigenvalue weighted by Gasteiger charge is 2.34. The second-order valence-electron chi connectivity index (χ2n) is 7.64. The molecule has 0 aliphatic heterocycles. The molecule has 3 rings (SSSR count). The number of anilines is 2. The number of amides is 2. The molecule has 0 heterocycles. The van der Waals surface area contributed by atoms with Crippen LogP contribution in [-0.4, -0.2) is 26.9 Å². The summed E-state index contributed by atoms with van der Waals surface area (Å²) < 4.78 is -1.88. The molecule has 3 aromatic carbocycles. The van der Waals surface area contributed by atoms with Crippen molar-refractivity contribution in [3.8, 4) is 11.1 Å². The van der Waals surface area contributed by atoms with E-state index in [2.05, 4.69) is 21.3 Å². The maximum atomic E-state index is 12.7. The van der Waals surface area contributed by atoms with Gasteiger partial charge in [0.25, 0.3) is 0 Å². The van der Waals surface area contributed by atoms with Gasteiger partial charge in [-0.1, -0.05) is 95.5 Å².